The molecule has 1 N–H and O–H groups in total. The average Bonchev–Trinajstić information content (AvgIpc) is 2.97. The summed E-state index contributed by atoms with van der Waals surface area (Å²) < 4.78 is 15.0. The van der Waals surface area contributed by atoms with E-state index >= 15 is 0 Å². The minimum atomic E-state index is -0.935. The summed E-state index contributed by atoms with van der Waals surface area (Å²) in [5.41, 5.74) is 1.60. The summed E-state index contributed by atoms with van der Waals surface area (Å²) in [4.78, 5) is 26.0. The van der Waals surface area contributed by atoms with Gasteiger partial charge in [0.05, 0.1) is 27.0 Å². The van der Waals surface area contributed by atoms with Gasteiger partial charge in [0.25, 0.3) is 5.69 Å². The molecule has 1 aromatic heterocycles. The first-order chi connectivity index (χ1) is 12.4. The highest BCUT2D eigenvalue weighted by molar-refractivity contribution is 7.99. The van der Waals surface area contributed by atoms with Gasteiger partial charge < -0.3 is 5.11 Å². The van der Waals surface area contributed by atoms with Crippen molar-refractivity contribution < 1.29 is 19.2 Å². The van der Waals surface area contributed by atoms with Crippen LogP contribution < -0.4 is 0 Å². The second-order valence-corrected chi connectivity index (χ2v) is 6.89. The predicted molar refractivity (Wildman–Crippen MR) is 96.1 cm³/mol. The third kappa shape index (κ3) is 3.52. The van der Waals surface area contributed by atoms with E-state index < -0.39 is 16.1 Å². The molecule has 0 amide bonds. The molecule has 26 heavy (non-hydrogen) atoms. The van der Waals surface area contributed by atoms with E-state index in [1.54, 1.807) is 29.7 Å². The second-order valence-electron chi connectivity index (χ2n) is 5.56. The van der Waals surface area contributed by atoms with Crippen LogP contribution in [0.15, 0.2) is 42.5 Å². The molecule has 0 spiro atoms. The van der Waals surface area contributed by atoms with Crippen molar-refractivity contribution in [2.75, 3.05) is 0 Å². The SMILES string of the molecule is C[C@@H](SCc1nc2cc([N+](=O)[O-])ccc2n1-c1ccc(F)cc1)C(=O)O. The average molecular weight is 375 g/mol. The molecular weight excluding hydrogens is 361 g/mol. The van der Waals surface area contributed by atoms with Crippen LogP contribution in [-0.2, 0) is 10.5 Å². The Morgan fingerprint density at radius 3 is 2.65 bits per heavy atom. The van der Waals surface area contributed by atoms with Gasteiger partial charge in [-0.15, -0.1) is 11.8 Å². The van der Waals surface area contributed by atoms with Gasteiger partial charge in [0.15, 0.2) is 0 Å². The molecule has 0 saturated heterocycles. The van der Waals surface area contributed by atoms with Gasteiger partial charge >= 0.3 is 5.97 Å². The van der Waals surface area contributed by atoms with Crippen LogP contribution in [-0.4, -0.2) is 30.8 Å². The van der Waals surface area contributed by atoms with E-state index in [4.69, 9.17) is 5.11 Å². The smallest absolute Gasteiger partial charge is 0.316 e. The topological polar surface area (TPSA) is 98.3 Å². The highest BCUT2D eigenvalue weighted by atomic mass is 32.2. The van der Waals surface area contributed by atoms with Crippen molar-refractivity contribution in [1.29, 1.82) is 0 Å². The number of carboxylic acids is 1. The number of benzene rings is 2. The normalized spacial score (nSPS) is 12.2. The predicted octanol–water partition coefficient (Wildman–Crippen LogP) is 3.78. The van der Waals surface area contributed by atoms with Crippen LogP contribution >= 0.6 is 11.8 Å². The number of hydrogen-bond acceptors (Lipinski definition) is 5. The summed E-state index contributed by atoms with van der Waals surface area (Å²) in [6.07, 6.45) is 0. The Kier molecular flexibility index (Phi) is 4.90. The standard InChI is InChI=1S/C17H14FN3O4S/c1-10(17(22)23)26-9-16-19-14-8-13(21(24)25)6-7-15(14)20(16)12-4-2-11(18)3-5-12/h2-8,10H,9H2,1H3,(H,22,23)/t10-/m1/s1. The number of carbonyl (C=O) groups is 1. The third-order valence-corrected chi connectivity index (χ3v) is 4.94. The lowest BCUT2D eigenvalue weighted by molar-refractivity contribution is -0.384. The van der Waals surface area contributed by atoms with Crippen molar-refractivity contribution in [3.63, 3.8) is 0 Å². The van der Waals surface area contributed by atoms with Gasteiger partial charge in [-0.25, -0.2) is 9.37 Å². The summed E-state index contributed by atoms with van der Waals surface area (Å²) >= 11 is 1.18. The molecule has 3 rings (SSSR count). The zero-order valence-corrected chi connectivity index (χ0v) is 14.4. The van der Waals surface area contributed by atoms with Gasteiger partial charge in [0, 0.05) is 17.8 Å². The molecule has 0 radical (unpaired) electrons. The molecule has 0 fully saturated rings. The molecule has 0 bridgehead atoms. The third-order valence-electron chi connectivity index (χ3n) is 3.81. The quantitative estimate of drug-likeness (QED) is 0.520. The zero-order valence-electron chi connectivity index (χ0n) is 13.6. The number of aromatic nitrogens is 2. The van der Waals surface area contributed by atoms with Crippen molar-refractivity contribution in [3.05, 3.63) is 64.2 Å². The summed E-state index contributed by atoms with van der Waals surface area (Å²) in [7, 11) is 0. The highest BCUT2D eigenvalue weighted by Crippen LogP contribution is 2.28. The maximum absolute atomic E-state index is 13.3. The van der Waals surface area contributed by atoms with E-state index in [1.807, 2.05) is 0 Å². The minimum Gasteiger partial charge on any atom is -0.480 e. The van der Waals surface area contributed by atoms with Crippen LogP contribution in [0.2, 0.25) is 0 Å². The molecule has 0 aliphatic rings. The monoisotopic (exact) mass is 375 g/mol. The number of fused-ring (bicyclic) bond motifs is 1. The van der Waals surface area contributed by atoms with Gasteiger partial charge in [-0.3, -0.25) is 19.5 Å². The van der Waals surface area contributed by atoms with E-state index in [0.29, 0.717) is 22.5 Å². The number of halogens is 1. The first kappa shape index (κ1) is 17.9. The van der Waals surface area contributed by atoms with Crippen LogP contribution in [0.3, 0.4) is 0 Å². The van der Waals surface area contributed by atoms with Gasteiger partial charge in [-0.2, -0.15) is 0 Å². The second kappa shape index (κ2) is 7.12. The lowest BCUT2D eigenvalue weighted by Crippen LogP contribution is -2.12. The van der Waals surface area contributed by atoms with Crippen LogP contribution in [0, 0.1) is 15.9 Å². The molecular formula is C17H14FN3O4S. The Bertz CT molecular complexity index is 988. The summed E-state index contributed by atoms with van der Waals surface area (Å²) in [5, 5.41) is 19.4. The Morgan fingerprint density at radius 1 is 1.35 bits per heavy atom. The van der Waals surface area contributed by atoms with E-state index in [-0.39, 0.29) is 17.3 Å². The Hall–Kier alpha value is -2.94. The van der Waals surface area contributed by atoms with Crippen molar-refractivity contribution in [1.82, 2.24) is 9.55 Å². The Labute approximate surface area is 151 Å². The van der Waals surface area contributed by atoms with Gasteiger partial charge in [-0.05, 0) is 37.3 Å². The molecule has 7 nitrogen and oxygen atoms in total. The number of carboxylic acid groups (broad SMARTS) is 1. The molecule has 1 atom stereocenters. The molecule has 1 heterocycles. The largest absolute Gasteiger partial charge is 0.480 e. The highest BCUT2D eigenvalue weighted by Gasteiger charge is 2.18. The maximum Gasteiger partial charge on any atom is 0.316 e. The molecule has 9 heteroatoms. The van der Waals surface area contributed by atoms with Crippen LogP contribution in [0.4, 0.5) is 10.1 Å². The Balaban J connectivity index is 2.10. The minimum absolute atomic E-state index is 0.0839. The molecule has 3 aromatic rings. The number of nitrogens with zero attached hydrogens (tertiary/aromatic N) is 3. The van der Waals surface area contributed by atoms with E-state index in [0.717, 1.165) is 0 Å². The number of aliphatic carboxylic acids is 1. The van der Waals surface area contributed by atoms with E-state index in [1.165, 1.54) is 36.0 Å². The Morgan fingerprint density at radius 2 is 2.04 bits per heavy atom. The first-order valence-electron chi connectivity index (χ1n) is 7.63. The van der Waals surface area contributed by atoms with Crippen LogP contribution in [0.1, 0.15) is 12.7 Å². The molecule has 0 aliphatic carbocycles. The lowest BCUT2D eigenvalue weighted by atomic mass is 10.2. The van der Waals surface area contributed by atoms with E-state index in [2.05, 4.69) is 4.98 Å². The zero-order chi connectivity index (χ0) is 18.8. The number of thioether (sulfide) groups is 1. The van der Waals surface area contributed by atoms with Crippen molar-refractivity contribution >= 4 is 34.5 Å². The summed E-state index contributed by atoms with van der Waals surface area (Å²) in [6, 6.07) is 10.1. The molecule has 0 saturated carbocycles. The summed E-state index contributed by atoms with van der Waals surface area (Å²) in [5.74, 6) is -0.502. The first-order valence-corrected chi connectivity index (χ1v) is 8.68. The fourth-order valence-electron chi connectivity index (χ4n) is 2.48. The number of hydrogen-bond donors (Lipinski definition) is 1. The lowest BCUT2D eigenvalue weighted by Gasteiger charge is -2.10. The van der Waals surface area contributed by atoms with Crippen molar-refractivity contribution in [2.24, 2.45) is 0 Å². The van der Waals surface area contributed by atoms with Crippen LogP contribution in [0.25, 0.3) is 16.7 Å². The summed E-state index contributed by atoms with van der Waals surface area (Å²) in [6.45, 7) is 1.57. The van der Waals surface area contributed by atoms with Gasteiger partial charge in [0.2, 0.25) is 0 Å². The fraction of sp³-hybridized carbons (Fsp3) is 0.176. The number of nitro benzene ring substituents is 1. The fourth-order valence-corrected chi connectivity index (χ4v) is 3.21. The molecule has 2 aromatic carbocycles. The maximum atomic E-state index is 13.3. The number of nitro groups is 1. The van der Waals surface area contributed by atoms with Crippen molar-refractivity contribution in [3.8, 4) is 5.69 Å². The molecule has 0 unspecified atom stereocenters. The number of imidazole rings is 1. The van der Waals surface area contributed by atoms with Gasteiger partial charge in [-0.1, -0.05) is 0 Å². The molecule has 0 aliphatic heterocycles. The van der Waals surface area contributed by atoms with Crippen LogP contribution in [0.5, 0.6) is 0 Å². The van der Waals surface area contributed by atoms with Gasteiger partial charge in [0.1, 0.15) is 11.6 Å². The number of rotatable bonds is 6. The van der Waals surface area contributed by atoms with E-state index in [9.17, 15) is 19.3 Å². The van der Waals surface area contributed by atoms with Crippen molar-refractivity contribution in [2.45, 2.75) is 17.9 Å². The molecule has 134 valence electrons. The number of non-ortho nitro benzene ring substituents is 1.